The Morgan fingerprint density at radius 1 is 0.867 bits per heavy atom. The number of hydrogen-bond acceptors (Lipinski definition) is 4. The second kappa shape index (κ2) is 13.4. The molecule has 1 N–H and O–H groups in total. The van der Waals surface area contributed by atoms with Crippen molar-refractivity contribution < 1.29 is 19.1 Å². The average Bonchev–Trinajstić information content (AvgIpc) is 2.74. The molecule has 0 aliphatic rings. The third-order valence-corrected chi connectivity index (χ3v) is 4.70. The van der Waals surface area contributed by atoms with Gasteiger partial charge >= 0.3 is 5.97 Å². The fourth-order valence-corrected chi connectivity index (χ4v) is 3.01. The van der Waals surface area contributed by atoms with Gasteiger partial charge in [-0.2, -0.15) is 0 Å². The molecule has 0 fully saturated rings. The second-order valence-corrected chi connectivity index (χ2v) is 7.28. The highest BCUT2D eigenvalue weighted by Crippen LogP contribution is 2.15. The van der Waals surface area contributed by atoms with Crippen molar-refractivity contribution in [3.63, 3.8) is 0 Å². The van der Waals surface area contributed by atoms with E-state index in [0.717, 1.165) is 55.7 Å². The van der Waals surface area contributed by atoms with Gasteiger partial charge in [0.25, 0.3) is 0 Å². The van der Waals surface area contributed by atoms with Gasteiger partial charge in [0.15, 0.2) is 0 Å². The largest absolute Gasteiger partial charge is 0.494 e. The highest BCUT2D eigenvalue weighted by molar-refractivity contribution is 5.90. The number of nitrogens with one attached hydrogen (secondary N) is 1. The van der Waals surface area contributed by atoms with Gasteiger partial charge in [-0.25, -0.2) is 0 Å². The third kappa shape index (κ3) is 9.12. The number of ether oxygens (including phenoxy) is 2. The Morgan fingerprint density at radius 3 is 2.23 bits per heavy atom. The molecule has 5 heteroatoms. The Bertz CT molecular complexity index is 769. The van der Waals surface area contributed by atoms with Crippen LogP contribution in [0.2, 0.25) is 0 Å². The molecule has 0 aromatic heterocycles. The Kier molecular flexibility index (Phi) is 10.5. The molecular weight excluding hydrogens is 378 g/mol. The van der Waals surface area contributed by atoms with Gasteiger partial charge in [-0.15, -0.1) is 0 Å². The molecule has 2 rings (SSSR count). The first kappa shape index (κ1) is 23.5. The maximum atomic E-state index is 12.1. The lowest BCUT2D eigenvalue weighted by molar-refractivity contribution is -0.142. The molecule has 0 unspecified atom stereocenters. The van der Waals surface area contributed by atoms with E-state index in [1.54, 1.807) is 6.92 Å². The molecule has 0 bridgehead atoms. The first-order valence-electron chi connectivity index (χ1n) is 10.9. The van der Waals surface area contributed by atoms with Crippen molar-refractivity contribution >= 4 is 17.6 Å². The molecule has 0 saturated heterocycles. The summed E-state index contributed by atoms with van der Waals surface area (Å²) >= 11 is 0. The van der Waals surface area contributed by atoms with Crippen LogP contribution in [0.4, 0.5) is 5.69 Å². The van der Waals surface area contributed by atoms with Crippen molar-refractivity contribution in [1.29, 1.82) is 0 Å². The van der Waals surface area contributed by atoms with Crippen LogP contribution in [0.5, 0.6) is 5.75 Å². The summed E-state index contributed by atoms with van der Waals surface area (Å²) in [5.74, 6) is 0.681. The van der Waals surface area contributed by atoms with Gasteiger partial charge in [0.1, 0.15) is 5.75 Å². The minimum absolute atomic E-state index is 0.00724. The van der Waals surface area contributed by atoms with Crippen LogP contribution < -0.4 is 10.1 Å². The standard InChI is InChI=1S/C25H33NO4/c1-3-5-18-30-23-16-12-20(13-17-23)8-6-7-9-24(27)26-22-14-10-21(11-15-22)19-25(28)29-4-2/h10-17H,3-9,18-19H2,1-2H3,(H,26,27). The zero-order valence-corrected chi connectivity index (χ0v) is 18.1. The van der Waals surface area contributed by atoms with Crippen LogP contribution >= 0.6 is 0 Å². The predicted octanol–water partition coefficient (Wildman–Crippen LogP) is 5.32. The predicted molar refractivity (Wildman–Crippen MR) is 120 cm³/mol. The minimum atomic E-state index is -0.243. The molecule has 0 saturated carbocycles. The highest BCUT2D eigenvalue weighted by Gasteiger charge is 2.06. The van der Waals surface area contributed by atoms with E-state index in [4.69, 9.17) is 9.47 Å². The zero-order valence-electron chi connectivity index (χ0n) is 18.1. The summed E-state index contributed by atoms with van der Waals surface area (Å²) in [6.45, 7) is 5.08. The molecular formula is C25H33NO4. The van der Waals surface area contributed by atoms with E-state index in [0.29, 0.717) is 13.0 Å². The van der Waals surface area contributed by atoms with E-state index in [1.807, 2.05) is 36.4 Å². The Hall–Kier alpha value is -2.82. The lowest BCUT2D eigenvalue weighted by Crippen LogP contribution is -2.11. The third-order valence-electron chi connectivity index (χ3n) is 4.70. The number of carbonyl (C=O) groups excluding carboxylic acids is 2. The summed E-state index contributed by atoms with van der Waals surface area (Å²) in [5, 5.41) is 2.91. The van der Waals surface area contributed by atoms with Crippen molar-refractivity contribution in [1.82, 2.24) is 0 Å². The van der Waals surface area contributed by atoms with Crippen LogP contribution in [-0.4, -0.2) is 25.1 Å². The van der Waals surface area contributed by atoms with Crippen LogP contribution in [0.15, 0.2) is 48.5 Å². The molecule has 0 spiro atoms. The lowest BCUT2D eigenvalue weighted by Gasteiger charge is -2.08. The summed E-state index contributed by atoms with van der Waals surface area (Å²) in [5.41, 5.74) is 2.87. The van der Waals surface area contributed by atoms with Crippen molar-refractivity contribution in [2.24, 2.45) is 0 Å². The molecule has 30 heavy (non-hydrogen) atoms. The number of amides is 1. The average molecular weight is 412 g/mol. The molecule has 2 aromatic rings. The van der Waals surface area contributed by atoms with Gasteiger partial charge in [-0.3, -0.25) is 9.59 Å². The van der Waals surface area contributed by atoms with E-state index in [1.165, 1.54) is 5.56 Å². The second-order valence-electron chi connectivity index (χ2n) is 7.28. The van der Waals surface area contributed by atoms with Gasteiger partial charge < -0.3 is 14.8 Å². The number of hydrogen-bond donors (Lipinski definition) is 1. The number of aryl methyl sites for hydroxylation is 1. The molecule has 5 nitrogen and oxygen atoms in total. The van der Waals surface area contributed by atoms with Crippen LogP contribution in [-0.2, 0) is 27.2 Å². The van der Waals surface area contributed by atoms with E-state index < -0.39 is 0 Å². The SMILES string of the molecule is CCCCOc1ccc(CCCCC(=O)Nc2ccc(CC(=O)OCC)cc2)cc1. The molecule has 1 amide bonds. The molecule has 162 valence electrons. The van der Waals surface area contributed by atoms with E-state index in [9.17, 15) is 9.59 Å². The number of anilines is 1. The van der Waals surface area contributed by atoms with Crippen LogP contribution in [0, 0.1) is 0 Å². The van der Waals surface area contributed by atoms with Crippen LogP contribution in [0.3, 0.4) is 0 Å². The number of rotatable bonds is 13. The number of benzene rings is 2. The summed E-state index contributed by atoms with van der Waals surface area (Å²) in [7, 11) is 0. The van der Waals surface area contributed by atoms with E-state index in [2.05, 4.69) is 24.4 Å². The molecule has 0 radical (unpaired) electrons. The lowest BCUT2D eigenvalue weighted by atomic mass is 10.1. The van der Waals surface area contributed by atoms with Gasteiger partial charge in [-0.1, -0.05) is 37.6 Å². The highest BCUT2D eigenvalue weighted by atomic mass is 16.5. The maximum Gasteiger partial charge on any atom is 0.310 e. The first-order chi connectivity index (χ1) is 14.6. The van der Waals surface area contributed by atoms with E-state index >= 15 is 0 Å². The fourth-order valence-electron chi connectivity index (χ4n) is 3.01. The van der Waals surface area contributed by atoms with Gasteiger partial charge in [0, 0.05) is 12.1 Å². The molecule has 0 heterocycles. The summed E-state index contributed by atoms with van der Waals surface area (Å²) in [4.78, 5) is 23.6. The molecule has 2 aromatic carbocycles. The first-order valence-corrected chi connectivity index (χ1v) is 10.9. The topological polar surface area (TPSA) is 64.6 Å². The molecule has 0 aliphatic heterocycles. The summed E-state index contributed by atoms with van der Waals surface area (Å²) in [6.07, 6.45) is 5.68. The Labute approximate surface area is 179 Å². The van der Waals surface area contributed by atoms with Crippen molar-refractivity contribution in [3.05, 3.63) is 59.7 Å². The van der Waals surface area contributed by atoms with E-state index in [-0.39, 0.29) is 18.3 Å². The van der Waals surface area contributed by atoms with Gasteiger partial charge in [0.2, 0.25) is 5.91 Å². The normalized spacial score (nSPS) is 10.5. The zero-order chi connectivity index (χ0) is 21.6. The van der Waals surface area contributed by atoms with Crippen LogP contribution in [0.25, 0.3) is 0 Å². The van der Waals surface area contributed by atoms with Crippen molar-refractivity contribution in [3.8, 4) is 5.75 Å². The Morgan fingerprint density at radius 2 is 1.57 bits per heavy atom. The quantitative estimate of drug-likeness (QED) is 0.358. The fraction of sp³-hybridized carbons (Fsp3) is 0.440. The van der Waals surface area contributed by atoms with Gasteiger partial charge in [0.05, 0.1) is 19.6 Å². The number of unbranched alkanes of at least 4 members (excludes halogenated alkanes) is 2. The number of esters is 1. The monoisotopic (exact) mass is 411 g/mol. The van der Waals surface area contributed by atoms with Crippen molar-refractivity contribution in [2.75, 3.05) is 18.5 Å². The number of carbonyl (C=O) groups is 2. The Balaban J connectivity index is 1.64. The van der Waals surface area contributed by atoms with Crippen molar-refractivity contribution in [2.45, 2.75) is 58.8 Å². The molecule has 0 atom stereocenters. The minimum Gasteiger partial charge on any atom is -0.494 e. The molecule has 0 aliphatic carbocycles. The van der Waals surface area contributed by atoms with Crippen LogP contribution in [0.1, 0.15) is 57.1 Å². The maximum absolute atomic E-state index is 12.1. The van der Waals surface area contributed by atoms with Gasteiger partial charge in [-0.05, 0) is 68.0 Å². The summed E-state index contributed by atoms with van der Waals surface area (Å²) < 4.78 is 10.6. The summed E-state index contributed by atoms with van der Waals surface area (Å²) in [6, 6.07) is 15.5. The smallest absolute Gasteiger partial charge is 0.310 e.